The summed E-state index contributed by atoms with van der Waals surface area (Å²) in [6.07, 6.45) is 0. The molecule has 0 N–H and O–H groups in total. The number of rotatable bonds is 3. The van der Waals surface area contributed by atoms with Gasteiger partial charge in [-0.15, -0.1) is 0 Å². The van der Waals surface area contributed by atoms with Gasteiger partial charge in [0.2, 0.25) is 0 Å². The van der Waals surface area contributed by atoms with Crippen LogP contribution in [0.2, 0.25) is 0 Å². The van der Waals surface area contributed by atoms with Gasteiger partial charge in [0.15, 0.2) is 0 Å². The lowest BCUT2D eigenvalue weighted by Crippen LogP contribution is -2.27. The zero-order chi connectivity index (χ0) is 13.8. The van der Waals surface area contributed by atoms with E-state index < -0.39 is 0 Å². The Kier molecular flexibility index (Phi) is 3.95. The number of nitrogens with zero attached hydrogens (tertiary/aromatic N) is 1. The van der Waals surface area contributed by atoms with Crippen molar-refractivity contribution in [3.63, 3.8) is 0 Å². The van der Waals surface area contributed by atoms with Gasteiger partial charge in [-0.2, -0.15) is 0 Å². The molecule has 0 heterocycles. The zero-order valence-electron chi connectivity index (χ0n) is 11.1. The average Bonchev–Trinajstić information content (AvgIpc) is 2.42. The normalized spacial score (nSPS) is 10.3. The van der Waals surface area contributed by atoms with Gasteiger partial charge >= 0.3 is 0 Å². The molecule has 2 aromatic rings. The summed E-state index contributed by atoms with van der Waals surface area (Å²) in [5.41, 5.74) is 1.86. The molecule has 0 aliphatic rings. The van der Waals surface area contributed by atoms with Gasteiger partial charge in [0.05, 0.1) is 0 Å². The van der Waals surface area contributed by atoms with Gasteiger partial charge < -0.3 is 4.90 Å². The second kappa shape index (κ2) is 5.65. The number of carbonyl (C=O) groups excluding carboxylic acids is 1. The van der Waals surface area contributed by atoms with Crippen molar-refractivity contribution in [2.75, 3.05) is 7.05 Å². The van der Waals surface area contributed by atoms with Gasteiger partial charge in [-0.25, -0.2) is 4.39 Å². The van der Waals surface area contributed by atoms with Crippen molar-refractivity contribution < 1.29 is 9.18 Å². The number of carbonyl (C=O) groups is 1. The lowest BCUT2D eigenvalue weighted by atomic mass is 10.1. The molecule has 0 saturated heterocycles. The number of amides is 1. The van der Waals surface area contributed by atoms with Crippen LogP contribution >= 0.6 is 0 Å². The number of hydrogen-bond acceptors (Lipinski definition) is 1. The van der Waals surface area contributed by atoms with E-state index in [0.29, 0.717) is 17.7 Å². The van der Waals surface area contributed by atoms with Crippen molar-refractivity contribution in [2.45, 2.75) is 13.5 Å². The number of halogens is 1. The molecule has 0 spiro atoms. The van der Waals surface area contributed by atoms with Crippen LogP contribution in [0.3, 0.4) is 0 Å². The van der Waals surface area contributed by atoms with E-state index in [1.807, 2.05) is 30.3 Å². The Morgan fingerprint density at radius 2 is 1.79 bits per heavy atom. The fourth-order valence-corrected chi connectivity index (χ4v) is 1.97. The Morgan fingerprint density at radius 1 is 1.11 bits per heavy atom. The maximum atomic E-state index is 13.5. The van der Waals surface area contributed by atoms with Gasteiger partial charge in [-0.05, 0) is 30.2 Å². The molecule has 0 aliphatic heterocycles. The van der Waals surface area contributed by atoms with Crippen molar-refractivity contribution in [3.8, 4) is 0 Å². The van der Waals surface area contributed by atoms with Crippen LogP contribution in [0, 0.1) is 12.7 Å². The standard InChI is InChI=1S/C16H16FNO/c1-12-14(9-6-10-15(12)17)16(19)18(2)11-13-7-4-3-5-8-13/h3-10H,11H2,1-2H3. The van der Waals surface area contributed by atoms with E-state index in [1.165, 1.54) is 6.07 Å². The molecular formula is C16H16FNO. The van der Waals surface area contributed by atoms with Crippen molar-refractivity contribution in [2.24, 2.45) is 0 Å². The lowest BCUT2D eigenvalue weighted by molar-refractivity contribution is 0.0784. The molecule has 2 aromatic carbocycles. The topological polar surface area (TPSA) is 20.3 Å². The van der Waals surface area contributed by atoms with E-state index in [1.54, 1.807) is 31.0 Å². The fourth-order valence-electron chi connectivity index (χ4n) is 1.97. The summed E-state index contributed by atoms with van der Waals surface area (Å²) < 4.78 is 13.5. The minimum Gasteiger partial charge on any atom is -0.337 e. The minimum absolute atomic E-state index is 0.166. The van der Waals surface area contributed by atoms with E-state index in [2.05, 4.69) is 0 Å². The molecule has 3 heteroatoms. The third-order valence-electron chi connectivity index (χ3n) is 3.11. The highest BCUT2D eigenvalue weighted by atomic mass is 19.1. The molecule has 0 bridgehead atoms. The Hall–Kier alpha value is -2.16. The molecule has 2 rings (SSSR count). The summed E-state index contributed by atoms with van der Waals surface area (Å²) in [6.45, 7) is 2.13. The first-order chi connectivity index (χ1) is 9.09. The maximum Gasteiger partial charge on any atom is 0.254 e. The zero-order valence-corrected chi connectivity index (χ0v) is 11.1. The smallest absolute Gasteiger partial charge is 0.254 e. The second-order valence-corrected chi connectivity index (χ2v) is 4.56. The third kappa shape index (κ3) is 2.99. The first kappa shape index (κ1) is 13.3. The summed E-state index contributed by atoms with van der Waals surface area (Å²) in [7, 11) is 1.72. The molecule has 0 unspecified atom stereocenters. The Balaban J connectivity index is 2.18. The molecule has 0 aromatic heterocycles. The molecule has 0 aliphatic carbocycles. The summed E-state index contributed by atoms with van der Waals surface area (Å²) >= 11 is 0. The lowest BCUT2D eigenvalue weighted by Gasteiger charge is -2.18. The van der Waals surface area contributed by atoms with Crippen LogP contribution in [0.4, 0.5) is 4.39 Å². The number of benzene rings is 2. The third-order valence-corrected chi connectivity index (χ3v) is 3.11. The van der Waals surface area contributed by atoms with Crippen LogP contribution < -0.4 is 0 Å². The summed E-state index contributed by atoms with van der Waals surface area (Å²) in [5.74, 6) is -0.514. The Morgan fingerprint density at radius 3 is 2.47 bits per heavy atom. The first-order valence-electron chi connectivity index (χ1n) is 6.14. The molecule has 0 saturated carbocycles. The highest BCUT2D eigenvalue weighted by Gasteiger charge is 2.15. The summed E-state index contributed by atoms with van der Waals surface area (Å²) in [4.78, 5) is 13.9. The van der Waals surface area contributed by atoms with Crippen LogP contribution in [0.25, 0.3) is 0 Å². The summed E-state index contributed by atoms with van der Waals surface area (Å²) in [5, 5.41) is 0. The molecule has 0 atom stereocenters. The monoisotopic (exact) mass is 257 g/mol. The van der Waals surface area contributed by atoms with Crippen LogP contribution in [0.1, 0.15) is 21.5 Å². The molecule has 0 fully saturated rings. The molecule has 98 valence electrons. The van der Waals surface area contributed by atoms with Crippen LogP contribution in [-0.2, 0) is 6.54 Å². The maximum absolute atomic E-state index is 13.5. The highest BCUT2D eigenvalue weighted by molar-refractivity contribution is 5.95. The largest absolute Gasteiger partial charge is 0.337 e. The molecule has 0 radical (unpaired) electrons. The average molecular weight is 257 g/mol. The van der Waals surface area contributed by atoms with Gasteiger partial charge in [0.25, 0.3) is 5.91 Å². The fraction of sp³-hybridized carbons (Fsp3) is 0.188. The molecule has 2 nitrogen and oxygen atoms in total. The predicted octanol–water partition coefficient (Wildman–Crippen LogP) is 3.41. The van der Waals surface area contributed by atoms with E-state index >= 15 is 0 Å². The van der Waals surface area contributed by atoms with Crippen molar-refractivity contribution in [1.82, 2.24) is 4.90 Å². The van der Waals surface area contributed by atoms with E-state index in [4.69, 9.17) is 0 Å². The van der Waals surface area contributed by atoms with E-state index in [9.17, 15) is 9.18 Å². The van der Waals surface area contributed by atoms with Crippen molar-refractivity contribution in [3.05, 3.63) is 71.0 Å². The Bertz CT molecular complexity index is 581. The minimum atomic E-state index is -0.348. The van der Waals surface area contributed by atoms with E-state index in [-0.39, 0.29) is 11.7 Å². The quantitative estimate of drug-likeness (QED) is 0.825. The van der Waals surface area contributed by atoms with Gasteiger partial charge in [0, 0.05) is 19.2 Å². The second-order valence-electron chi connectivity index (χ2n) is 4.56. The predicted molar refractivity (Wildman–Crippen MR) is 73.4 cm³/mol. The summed E-state index contributed by atoms with van der Waals surface area (Å²) in [6, 6.07) is 14.3. The van der Waals surface area contributed by atoms with Gasteiger partial charge in [-0.3, -0.25) is 4.79 Å². The van der Waals surface area contributed by atoms with Crippen molar-refractivity contribution >= 4 is 5.91 Å². The van der Waals surface area contributed by atoms with Gasteiger partial charge in [0.1, 0.15) is 5.82 Å². The molecule has 19 heavy (non-hydrogen) atoms. The molecular weight excluding hydrogens is 241 g/mol. The van der Waals surface area contributed by atoms with Crippen molar-refractivity contribution in [1.29, 1.82) is 0 Å². The SMILES string of the molecule is Cc1c(F)cccc1C(=O)N(C)Cc1ccccc1. The highest BCUT2D eigenvalue weighted by Crippen LogP contribution is 2.15. The van der Waals surface area contributed by atoms with Crippen LogP contribution in [0.15, 0.2) is 48.5 Å². The van der Waals surface area contributed by atoms with Gasteiger partial charge in [-0.1, -0.05) is 36.4 Å². The Labute approximate surface area is 112 Å². The number of hydrogen-bond donors (Lipinski definition) is 0. The van der Waals surface area contributed by atoms with E-state index in [0.717, 1.165) is 5.56 Å². The first-order valence-corrected chi connectivity index (χ1v) is 6.14. The van der Waals surface area contributed by atoms with Crippen LogP contribution in [0.5, 0.6) is 0 Å². The molecule has 1 amide bonds. The van der Waals surface area contributed by atoms with Crippen LogP contribution in [-0.4, -0.2) is 17.9 Å².